The minimum absolute atomic E-state index is 0.0221. The fraction of sp³-hybridized carbons (Fsp3) is 0.724. The largest absolute Gasteiger partial charge is 0.486 e. The van der Waals surface area contributed by atoms with Gasteiger partial charge in [-0.25, -0.2) is 0 Å². The lowest BCUT2D eigenvalue weighted by atomic mass is 9.43. The molecule has 4 aliphatic rings. The van der Waals surface area contributed by atoms with Crippen molar-refractivity contribution >= 4 is 18.8 Å². The normalized spacial score (nSPS) is 30.2. The Kier molecular flexibility index (Phi) is 8.13. The molecule has 7 atom stereocenters. The van der Waals surface area contributed by atoms with Gasteiger partial charge in [0.05, 0.1) is 29.7 Å². The zero-order valence-electron chi connectivity index (χ0n) is 23.5. The Labute approximate surface area is 222 Å². The van der Waals surface area contributed by atoms with E-state index in [2.05, 4.69) is 39.9 Å². The quantitative estimate of drug-likeness (QED) is 0.433. The summed E-state index contributed by atoms with van der Waals surface area (Å²) in [5, 5.41) is 13.5. The van der Waals surface area contributed by atoms with Gasteiger partial charge >= 0.3 is 7.12 Å². The maximum Gasteiger partial charge on any atom is 0.481 e. The summed E-state index contributed by atoms with van der Waals surface area (Å²) in [4.78, 5) is 26.0. The Morgan fingerprint density at radius 2 is 1.84 bits per heavy atom. The summed E-state index contributed by atoms with van der Waals surface area (Å²) >= 11 is 0. The predicted octanol–water partition coefficient (Wildman–Crippen LogP) is 4.13. The van der Waals surface area contributed by atoms with Crippen LogP contribution in [0.15, 0.2) is 24.3 Å². The van der Waals surface area contributed by atoms with Crippen LogP contribution in [-0.4, -0.2) is 54.3 Å². The molecule has 0 aromatic heterocycles. The first-order valence-corrected chi connectivity index (χ1v) is 13.8. The number of amides is 1. The van der Waals surface area contributed by atoms with E-state index in [1.54, 1.807) is 6.92 Å². The maximum absolute atomic E-state index is 13.4. The van der Waals surface area contributed by atoms with Crippen molar-refractivity contribution in [2.45, 2.75) is 97.9 Å². The van der Waals surface area contributed by atoms with Crippen LogP contribution in [0.1, 0.15) is 72.8 Å². The van der Waals surface area contributed by atoms with E-state index in [9.17, 15) is 14.7 Å². The lowest BCUT2D eigenvalue weighted by Crippen LogP contribution is -2.65. The number of nitrogens with one attached hydrogen (secondary N) is 1. The molecule has 3 saturated carbocycles. The van der Waals surface area contributed by atoms with Crippen LogP contribution in [0.25, 0.3) is 0 Å². The van der Waals surface area contributed by atoms with Gasteiger partial charge in [-0.2, -0.15) is 0 Å². The molecule has 8 heteroatoms. The van der Waals surface area contributed by atoms with Gasteiger partial charge in [-0.05, 0) is 75.3 Å². The molecule has 1 aliphatic heterocycles. The van der Waals surface area contributed by atoms with E-state index in [1.807, 2.05) is 31.2 Å². The Balaban J connectivity index is 1.39. The van der Waals surface area contributed by atoms with Gasteiger partial charge in [0.1, 0.15) is 12.4 Å². The van der Waals surface area contributed by atoms with E-state index >= 15 is 0 Å². The van der Waals surface area contributed by atoms with E-state index in [4.69, 9.17) is 14.0 Å². The van der Waals surface area contributed by atoms with Crippen LogP contribution in [0.3, 0.4) is 0 Å². The summed E-state index contributed by atoms with van der Waals surface area (Å²) in [6.45, 7) is 14.4. The highest BCUT2D eigenvalue weighted by molar-refractivity contribution is 6.47. The van der Waals surface area contributed by atoms with Gasteiger partial charge in [0.15, 0.2) is 5.78 Å². The number of ether oxygens (including phenoxy) is 1. The highest BCUT2D eigenvalue weighted by atomic mass is 16.7. The van der Waals surface area contributed by atoms with Crippen LogP contribution in [0.2, 0.25) is 0 Å². The van der Waals surface area contributed by atoms with Crippen LogP contribution >= 0.6 is 0 Å². The van der Waals surface area contributed by atoms with Crippen molar-refractivity contribution in [1.82, 2.24) is 5.32 Å². The highest BCUT2D eigenvalue weighted by Gasteiger charge is 2.68. The first-order chi connectivity index (χ1) is 17.3. The maximum atomic E-state index is 13.4. The number of rotatable bonds is 11. The van der Waals surface area contributed by atoms with Gasteiger partial charge in [0, 0.05) is 6.42 Å². The molecular weight excluding hydrogens is 469 g/mol. The number of hydrogen-bond acceptors (Lipinski definition) is 6. The summed E-state index contributed by atoms with van der Waals surface area (Å²) < 4.78 is 18.7. The Bertz CT molecular complexity index is 979. The van der Waals surface area contributed by atoms with Crippen molar-refractivity contribution in [3.8, 4) is 5.75 Å². The van der Waals surface area contributed by atoms with E-state index in [-0.39, 0.29) is 47.8 Å². The summed E-state index contributed by atoms with van der Waals surface area (Å²) in [5.74, 6) is 0.125. The van der Waals surface area contributed by atoms with Gasteiger partial charge in [0.2, 0.25) is 5.91 Å². The number of Topliss-reactive ketones (excluding diaryl/α,β-unsaturated/α-hetero) is 1. The monoisotopic (exact) mass is 513 g/mol. The van der Waals surface area contributed by atoms with E-state index in [0.717, 1.165) is 18.4 Å². The van der Waals surface area contributed by atoms with Crippen LogP contribution in [-0.2, 0) is 18.9 Å². The summed E-state index contributed by atoms with van der Waals surface area (Å²) in [6, 6.07) is 7.44. The number of carbonyl (C=O) groups is 2. The fourth-order valence-electron chi connectivity index (χ4n) is 6.69. The van der Waals surface area contributed by atoms with Gasteiger partial charge in [-0.1, -0.05) is 45.4 Å². The van der Waals surface area contributed by atoms with Crippen molar-refractivity contribution in [1.29, 1.82) is 0 Å². The number of benzene rings is 1. The van der Waals surface area contributed by atoms with E-state index in [0.29, 0.717) is 29.9 Å². The average molecular weight is 513 g/mol. The molecule has 0 radical (unpaired) electrons. The second-order valence-electron chi connectivity index (χ2n) is 12.8. The van der Waals surface area contributed by atoms with E-state index < -0.39 is 19.1 Å². The van der Waals surface area contributed by atoms with Crippen molar-refractivity contribution in [3.63, 3.8) is 0 Å². The van der Waals surface area contributed by atoms with Gasteiger partial charge < -0.3 is 24.5 Å². The van der Waals surface area contributed by atoms with Crippen molar-refractivity contribution < 1.29 is 28.7 Å². The standard InChI is InChI=1S/C29H44BNO6/c1-17(2)12-26(30-36-25-14-20-13-24(28(20,5)6)29(25,7)37-30)31-27(34)23(19(4)32)15-21(33)16-35-22-10-8-18(3)9-11-22/h8-11,17,19-20,23-26,32H,12-16H2,1-7H3,(H,31,34)/t19-,20+,23+,24+,25-,26+,29+/m1/s1. The van der Waals surface area contributed by atoms with Gasteiger partial charge in [-0.3, -0.25) is 9.59 Å². The molecule has 1 saturated heterocycles. The Morgan fingerprint density at radius 1 is 1.16 bits per heavy atom. The molecule has 3 aliphatic carbocycles. The SMILES string of the molecule is Cc1ccc(OCC(=O)C[C@H](C(=O)N[C@@H](CC(C)C)B2O[C@@H]3C[C@@H]4C[C@@H](C4(C)C)[C@]3(C)O2)[C@@H](C)O)cc1. The molecule has 204 valence electrons. The second-order valence-corrected chi connectivity index (χ2v) is 12.8. The summed E-state index contributed by atoms with van der Waals surface area (Å²) in [6.07, 6.45) is 1.75. The molecule has 1 aromatic carbocycles. The minimum Gasteiger partial charge on any atom is -0.486 e. The zero-order chi connectivity index (χ0) is 27.1. The molecule has 1 aromatic rings. The third-order valence-corrected chi connectivity index (χ3v) is 9.14. The number of aryl methyl sites for hydroxylation is 1. The smallest absolute Gasteiger partial charge is 0.481 e. The number of hydrogen-bond donors (Lipinski definition) is 2. The molecular formula is C29H44BNO6. The number of aliphatic hydroxyl groups excluding tert-OH is 1. The van der Waals surface area contributed by atoms with Crippen molar-refractivity contribution in [3.05, 3.63) is 29.8 Å². The van der Waals surface area contributed by atoms with Crippen LogP contribution in [0.5, 0.6) is 5.75 Å². The van der Waals surface area contributed by atoms with Crippen LogP contribution in [0, 0.1) is 36.0 Å². The molecule has 2 N–H and O–H groups in total. The molecule has 1 amide bonds. The topological polar surface area (TPSA) is 94.1 Å². The molecule has 2 bridgehead atoms. The number of ketones is 1. The third kappa shape index (κ3) is 5.76. The minimum atomic E-state index is -0.985. The van der Waals surface area contributed by atoms with Gasteiger partial charge in [0.25, 0.3) is 0 Å². The Morgan fingerprint density at radius 3 is 2.43 bits per heavy atom. The van der Waals surface area contributed by atoms with Crippen LogP contribution in [0.4, 0.5) is 0 Å². The average Bonchev–Trinajstić information content (AvgIpc) is 3.18. The third-order valence-electron chi connectivity index (χ3n) is 9.14. The molecule has 4 fully saturated rings. The fourth-order valence-corrected chi connectivity index (χ4v) is 6.69. The van der Waals surface area contributed by atoms with E-state index in [1.165, 1.54) is 0 Å². The lowest BCUT2D eigenvalue weighted by molar-refractivity contribution is -0.199. The zero-order valence-corrected chi connectivity index (χ0v) is 23.5. The molecule has 7 nitrogen and oxygen atoms in total. The van der Waals surface area contributed by atoms with Gasteiger partial charge in [-0.15, -0.1) is 0 Å². The molecule has 0 unspecified atom stereocenters. The lowest BCUT2D eigenvalue weighted by Gasteiger charge is -2.64. The summed E-state index contributed by atoms with van der Waals surface area (Å²) in [5.41, 5.74) is 0.971. The first kappa shape index (κ1) is 28.1. The van der Waals surface area contributed by atoms with Crippen LogP contribution < -0.4 is 10.1 Å². The Hall–Kier alpha value is -1.90. The molecule has 1 heterocycles. The summed E-state index contributed by atoms with van der Waals surface area (Å²) in [7, 11) is -0.549. The molecule has 5 rings (SSSR count). The molecule has 0 spiro atoms. The number of aliphatic hydroxyl groups is 1. The number of carbonyl (C=O) groups excluding carboxylic acids is 2. The predicted molar refractivity (Wildman–Crippen MR) is 143 cm³/mol. The van der Waals surface area contributed by atoms with Crippen molar-refractivity contribution in [2.75, 3.05) is 6.61 Å². The highest BCUT2D eigenvalue weighted by Crippen LogP contribution is 2.65. The molecule has 37 heavy (non-hydrogen) atoms. The first-order valence-electron chi connectivity index (χ1n) is 13.8. The van der Waals surface area contributed by atoms with Crippen molar-refractivity contribution in [2.24, 2.45) is 29.1 Å². The second kappa shape index (κ2) is 10.7.